The van der Waals surface area contributed by atoms with Crippen LogP contribution in [-0.4, -0.2) is 12.1 Å². The van der Waals surface area contributed by atoms with Gasteiger partial charge < -0.3 is 5.32 Å². The summed E-state index contributed by atoms with van der Waals surface area (Å²) in [4.78, 5) is 10.6. The van der Waals surface area contributed by atoms with Crippen molar-refractivity contribution in [2.24, 2.45) is 0 Å². The second kappa shape index (κ2) is 6.26. The number of rotatable bonds is 4. The van der Waals surface area contributed by atoms with Crippen molar-refractivity contribution in [1.82, 2.24) is 0 Å². The maximum atomic E-state index is 12.0. The van der Waals surface area contributed by atoms with Crippen molar-refractivity contribution in [3.8, 4) is 0 Å². The highest BCUT2D eigenvalue weighted by Crippen LogP contribution is 2.28. The van der Waals surface area contributed by atoms with Crippen LogP contribution in [0.5, 0.6) is 0 Å². The van der Waals surface area contributed by atoms with Gasteiger partial charge in [0, 0.05) is 5.69 Å². The van der Waals surface area contributed by atoms with Crippen LogP contribution in [0.2, 0.25) is 0 Å². The molecule has 1 amide bonds. The van der Waals surface area contributed by atoms with E-state index in [2.05, 4.69) is 15.9 Å². The lowest BCUT2D eigenvalue weighted by atomic mass is 10.2. The standard InChI is InChI=1S/C9H6BrF3NO3P/c10-7(17-18-16)5-1-3-6(4-2-5)14-8(15)9(11,12)13/h1-4,7,18H/p+1. The summed E-state index contributed by atoms with van der Waals surface area (Å²) in [5, 5.41) is 1.08. The molecule has 0 fully saturated rings. The molecule has 1 N–H and O–H groups in total. The molecule has 18 heavy (non-hydrogen) atoms. The molecule has 4 nitrogen and oxygen atoms in total. The molecule has 0 saturated heterocycles. The lowest BCUT2D eigenvalue weighted by Crippen LogP contribution is -2.29. The number of carbonyl (C=O) groups excluding carboxylic acids is 1. The van der Waals surface area contributed by atoms with E-state index in [-0.39, 0.29) is 5.69 Å². The zero-order valence-corrected chi connectivity index (χ0v) is 11.2. The molecule has 0 aliphatic heterocycles. The van der Waals surface area contributed by atoms with Gasteiger partial charge in [0.05, 0.1) is 0 Å². The molecule has 0 heterocycles. The highest BCUT2D eigenvalue weighted by atomic mass is 79.9. The van der Waals surface area contributed by atoms with Gasteiger partial charge in [-0.2, -0.15) is 13.2 Å². The van der Waals surface area contributed by atoms with Gasteiger partial charge in [-0.15, -0.1) is 4.52 Å². The lowest BCUT2D eigenvalue weighted by Gasteiger charge is -2.09. The van der Waals surface area contributed by atoms with Gasteiger partial charge in [0.1, 0.15) is 0 Å². The van der Waals surface area contributed by atoms with Crippen LogP contribution < -0.4 is 5.32 Å². The first-order chi connectivity index (χ1) is 8.34. The third kappa shape index (κ3) is 4.36. The zero-order valence-electron chi connectivity index (χ0n) is 8.62. The van der Waals surface area contributed by atoms with Gasteiger partial charge in [0.2, 0.25) is 0 Å². The lowest BCUT2D eigenvalue weighted by molar-refractivity contribution is -0.167. The summed E-state index contributed by atoms with van der Waals surface area (Å²) in [6.45, 7) is 0. The maximum Gasteiger partial charge on any atom is 0.495 e. The molecule has 98 valence electrons. The van der Waals surface area contributed by atoms with E-state index in [1.165, 1.54) is 24.3 Å². The molecule has 2 unspecified atom stereocenters. The fourth-order valence-corrected chi connectivity index (χ4v) is 1.78. The van der Waals surface area contributed by atoms with Crippen molar-refractivity contribution in [2.75, 3.05) is 5.32 Å². The van der Waals surface area contributed by atoms with Gasteiger partial charge in [0.15, 0.2) is 5.01 Å². The fourth-order valence-electron chi connectivity index (χ4n) is 1.03. The van der Waals surface area contributed by atoms with Crippen molar-refractivity contribution in [3.05, 3.63) is 29.8 Å². The van der Waals surface area contributed by atoms with E-state index in [1.807, 2.05) is 0 Å². The van der Waals surface area contributed by atoms with Crippen molar-refractivity contribution in [3.63, 3.8) is 0 Å². The van der Waals surface area contributed by atoms with E-state index in [4.69, 9.17) is 4.52 Å². The number of nitrogens with one attached hydrogen (secondary N) is 1. The minimum atomic E-state index is -4.93. The van der Waals surface area contributed by atoms with Gasteiger partial charge in [-0.05, 0) is 38.2 Å². The smallest absolute Gasteiger partial charge is 0.318 e. The third-order valence-electron chi connectivity index (χ3n) is 1.84. The zero-order chi connectivity index (χ0) is 13.8. The Morgan fingerprint density at radius 3 is 2.33 bits per heavy atom. The second-order valence-corrected chi connectivity index (χ2v) is 4.33. The van der Waals surface area contributed by atoms with E-state index >= 15 is 0 Å². The Morgan fingerprint density at radius 1 is 1.33 bits per heavy atom. The SMILES string of the molecule is O=[PH+]OC(Br)c1ccc(NC(=O)C(F)(F)F)cc1. The second-order valence-electron chi connectivity index (χ2n) is 3.09. The molecule has 1 rings (SSSR count). The number of hydrogen-bond acceptors (Lipinski definition) is 3. The van der Waals surface area contributed by atoms with E-state index in [0.29, 0.717) is 5.56 Å². The number of alkyl halides is 4. The Labute approximate surface area is 110 Å². The first-order valence-corrected chi connectivity index (χ1v) is 6.23. The van der Waals surface area contributed by atoms with Gasteiger partial charge >= 0.3 is 20.8 Å². The van der Waals surface area contributed by atoms with Gasteiger partial charge in [-0.3, -0.25) is 4.79 Å². The minimum absolute atomic E-state index is 0.00495. The van der Waals surface area contributed by atoms with E-state index < -0.39 is 25.8 Å². The molecule has 0 saturated carbocycles. The Hall–Kier alpha value is -0.980. The van der Waals surface area contributed by atoms with Gasteiger partial charge in [0.25, 0.3) is 0 Å². The monoisotopic (exact) mass is 344 g/mol. The van der Waals surface area contributed by atoms with Crippen LogP contribution >= 0.6 is 24.6 Å². The van der Waals surface area contributed by atoms with Crippen molar-refractivity contribution < 1.29 is 27.1 Å². The topological polar surface area (TPSA) is 55.4 Å². The van der Waals surface area contributed by atoms with Crippen molar-refractivity contribution in [1.29, 1.82) is 0 Å². The van der Waals surface area contributed by atoms with Crippen LogP contribution in [0.4, 0.5) is 18.9 Å². The molecule has 0 aromatic heterocycles. The van der Waals surface area contributed by atoms with Crippen LogP contribution in [0.25, 0.3) is 0 Å². The number of benzene rings is 1. The van der Waals surface area contributed by atoms with Crippen molar-refractivity contribution in [2.45, 2.75) is 11.2 Å². The van der Waals surface area contributed by atoms with E-state index in [9.17, 15) is 22.5 Å². The predicted molar refractivity (Wildman–Crippen MR) is 62.9 cm³/mol. The average molecular weight is 345 g/mol. The first kappa shape index (κ1) is 15.1. The summed E-state index contributed by atoms with van der Waals surface area (Å²) >= 11 is 3.07. The van der Waals surface area contributed by atoms with Gasteiger partial charge in [-0.1, -0.05) is 12.1 Å². The molecule has 0 bridgehead atoms. The van der Waals surface area contributed by atoms with Crippen LogP contribution in [0.3, 0.4) is 0 Å². The summed E-state index contributed by atoms with van der Waals surface area (Å²) in [7, 11) is -0.966. The molecule has 1 aromatic rings. The minimum Gasteiger partial charge on any atom is -0.318 e. The van der Waals surface area contributed by atoms with Crippen LogP contribution in [0, 0.1) is 0 Å². The molecule has 9 heteroatoms. The number of anilines is 1. The third-order valence-corrected chi connectivity index (χ3v) is 3.23. The summed E-state index contributed by atoms with van der Waals surface area (Å²) in [6, 6.07) is 5.44. The summed E-state index contributed by atoms with van der Waals surface area (Å²) in [5.41, 5.74) is 0.564. The highest BCUT2D eigenvalue weighted by Gasteiger charge is 2.38. The van der Waals surface area contributed by atoms with Crippen LogP contribution in [0.1, 0.15) is 10.6 Å². The van der Waals surface area contributed by atoms with E-state index in [1.54, 1.807) is 5.32 Å². The van der Waals surface area contributed by atoms with Crippen LogP contribution in [0.15, 0.2) is 24.3 Å². The number of halogens is 4. The Morgan fingerprint density at radius 2 is 1.89 bits per heavy atom. The molecule has 1 aromatic carbocycles. The Balaban J connectivity index is 2.72. The number of amides is 1. The Kier molecular flexibility index (Phi) is 5.25. The molecule has 0 radical (unpaired) electrons. The van der Waals surface area contributed by atoms with E-state index in [0.717, 1.165) is 0 Å². The molecule has 0 aliphatic carbocycles. The quantitative estimate of drug-likeness (QED) is 0.671. The number of carbonyl (C=O) groups is 1. The summed E-state index contributed by atoms with van der Waals surface area (Å²) in [6.07, 6.45) is -4.93. The molecule has 0 spiro atoms. The highest BCUT2D eigenvalue weighted by molar-refractivity contribution is 9.09. The molecule has 0 aliphatic rings. The largest absolute Gasteiger partial charge is 0.495 e. The summed E-state index contributed by atoms with van der Waals surface area (Å²) < 4.78 is 50.9. The predicted octanol–water partition coefficient (Wildman–Crippen LogP) is 3.54. The summed E-state index contributed by atoms with van der Waals surface area (Å²) in [5.74, 6) is -2.04. The first-order valence-electron chi connectivity index (χ1n) is 4.49. The average Bonchev–Trinajstić information content (AvgIpc) is 2.29. The molecular formula is C9H7BrF3NO3P+. The maximum absolute atomic E-state index is 12.0. The normalized spacial score (nSPS) is 13.3. The van der Waals surface area contributed by atoms with Gasteiger partial charge in [-0.25, -0.2) is 0 Å². The van der Waals surface area contributed by atoms with Crippen LogP contribution in [-0.2, 0) is 13.9 Å². The van der Waals surface area contributed by atoms with Crippen molar-refractivity contribution >= 4 is 36.2 Å². The number of hydrogen-bond donors (Lipinski definition) is 1. The fraction of sp³-hybridized carbons (Fsp3) is 0.222. The Bertz CT molecular complexity index is 438. The molecule has 2 atom stereocenters. The molecular weight excluding hydrogens is 338 g/mol.